The summed E-state index contributed by atoms with van der Waals surface area (Å²) in [4.78, 5) is 37.9. The molecule has 11 nitrogen and oxygen atoms in total. The summed E-state index contributed by atoms with van der Waals surface area (Å²) in [6, 6.07) is 15.9. The highest BCUT2D eigenvalue weighted by atomic mass is 16.5. The minimum atomic E-state index is -0.0305. The van der Waals surface area contributed by atoms with Crippen molar-refractivity contribution < 1.29 is 14.3 Å². The number of anilines is 2. The van der Waals surface area contributed by atoms with E-state index in [4.69, 9.17) is 20.4 Å². The molecule has 1 saturated heterocycles. The largest absolute Gasteiger partial charge is 0.494 e. The molecule has 2 aliphatic heterocycles. The number of hydrogen-bond donors (Lipinski definition) is 3. The molecular formula is C35H36N8O3. The number of carbonyl (C=O) groups is 2. The second kappa shape index (κ2) is 10.1. The molecule has 2 aliphatic carbocycles. The molecule has 2 bridgehead atoms. The first-order valence-corrected chi connectivity index (χ1v) is 16.2. The van der Waals surface area contributed by atoms with E-state index < -0.39 is 0 Å². The monoisotopic (exact) mass is 616 g/mol. The summed E-state index contributed by atoms with van der Waals surface area (Å²) in [6.45, 7) is 2.10. The summed E-state index contributed by atoms with van der Waals surface area (Å²) >= 11 is 0. The normalized spacial score (nSPS) is 21.8. The Bertz CT molecular complexity index is 2090. The maximum absolute atomic E-state index is 13.7. The Kier molecular flexibility index (Phi) is 5.99. The van der Waals surface area contributed by atoms with Gasteiger partial charge in [0.2, 0.25) is 0 Å². The first kappa shape index (κ1) is 27.4. The number of ether oxygens (including phenoxy) is 1. The fourth-order valence-corrected chi connectivity index (χ4v) is 7.85. The number of rotatable bonds is 7. The molecule has 4 aliphatic rings. The molecule has 234 valence electrons. The van der Waals surface area contributed by atoms with Crippen molar-refractivity contribution >= 4 is 45.4 Å². The van der Waals surface area contributed by atoms with Crippen LogP contribution in [0.5, 0.6) is 5.75 Å². The summed E-state index contributed by atoms with van der Waals surface area (Å²) < 4.78 is 10.2. The Hall–Kier alpha value is -4.90. The highest BCUT2D eigenvalue weighted by molar-refractivity contribution is 6.01. The van der Waals surface area contributed by atoms with E-state index in [1.807, 2.05) is 48.3 Å². The molecule has 5 aromatic rings. The van der Waals surface area contributed by atoms with Crippen LogP contribution in [0.1, 0.15) is 52.0 Å². The number of nitrogens with two attached hydrogens (primary N) is 1. The second-order valence-electron chi connectivity index (χ2n) is 13.4. The Morgan fingerprint density at radius 3 is 2.72 bits per heavy atom. The van der Waals surface area contributed by atoms with Gasteiger partial charge in [-0.2, -0.15) is 0 Å². The molecule has 11 heteroatoms. The third-order valence-electron chi connectivity index (χ3n) is 10.5. The van der Waals surface area contributed by atoms with Gasteiger partial charge < -0.3 is 35.1 Å². The van der Waals surface area contributed by atoms with Crippen LogP contribution >= 0.6 is 0 Å². The number of piperidine rings is 1. The average molecular weight is 617 g/mol. The highest BCUT2D eigenvalue weighted by Gasteiger charge is 2.47. The van der Waals surface area contributed by atoms with E-state index in [1.54, 1.807) is 7.11 Å². The molecule has 5 heterocycles. The van der Waals surface area contributed by atoms with Gasteiger partial charge in [0.15, 0.2) is 5.82 Å². The van der Waals surface area contributed by atoms with E-state index in [9.17, 15) is 9.59 Å². The number of carbonyl (C=O) groups excluding carboxylic acids is 2. The van der Waals surface area contributed by atoms with Gasteiger partial charge in [-0.3, -0.25) is 9.59 Å². The van der Waals surface area contributed by atoms with E-state index in [0.29, 0.717) is 36.2 Å². The second-order valence-corrected chi connectivity index (χ2v) is 13.4. The van der Waals surface area contributed by atoms with E-state index in [2.05, 4.69) is 31.9 Å². The molecule has 4 N–H and O–H groups in total. The van der Waals surface area contributed by atoms with Gasteiger partial charge in [0, 0.05) is 61.0 Å². The number of likely N-dealkylation sites (tertiary alicyclic amines) is 1. The van der Waals surface area contributed by atoms with Gasteiger partial charge in [0.25, 0.3) is 11.8 Å². The summed E-state index contributed by atoms with van der Waals surface area (Å²) in [5.41, 5.74) is 13.0. The molecule has 0 spiro atoms. The number of aryl methyl sites for hydroxylation is 1. The van der Waals surface area contributed by atoms with E-state index in [-0.39, 0.29) is 23.9 Å². The van der Waals surface area contributed by atoms with Crippen molar-refractivity contribution in [2.75, 3.05) is 19.0 Å². The Balaban J connectivity index is 1.10. The minimum Gasteiger partial charge on any atom is -0.494 e. The molecular weight excluding hydrogens is 580 g/mol. The number of imidazole rings is 1. The first-order valence-electron chi connectivity index (χ1n) is 16.2. The number of aromatic nitrogens is 4. The fourth-order valence-electron chi connectivity index (χ4n) is 7.85. The van der Waals surface area contributed by atoms with Crippen LogP contribution < -0.4 is 21.1 Å². The van der Waals surface area contributed by atoms with E-state index in [0.717, 1.165) is 75.6 Å². The molecule has 2 saturated carbocycles. The predicted octanol–water partition coefficient (Wildman–Crippen LogP) is 4.56. The SMILES string of the molecule is COc1cc(C(=O)N2CC3CCC2C3N)cc2nc(-c3cc4ccc(Nc5ccc6c(c5)CNC6=O)nc4n3CC3CC3)n(C)c12. The lowest BCUT2D eigenvalue weighted by Crippen LogP contribution is -2.41. The van der Waals surface area contributed by atoms with Crippen LogP contribution in [0.25, 0.3) is 33.6 Å². The summed E-state index contributed by atoms with van der Waals surface area (Å²) in [7, 11) is 3.64. The predicted molar refractivity (Wildman–Crippen MR) is 175 cm³/mol. The van der Waals surface area contributed by atoms with Crippen molar-refractivity contribution in [3.63, 3.8) is 0 Å². The Morgan fingerprint density at radius 1 is 1.09 bits per heavy atom. The third kappa shape index (κ3) is 4.21. The van der Waals surface area contributed by atoms with Crippen LogP contribution in [0.2, 0.25) is 0 Å². The third-order valence-corrected chi connectivity index (χ3v) is 10.5. The summed E-state index contributed by atoms with van der Waals surface area (Å²) in [5.74, 6) is 3.10. The number of nitrogens with zero attached hydrogens (tertiary/aromatic N) is 5. The molecule has 3 unspecified atom stereocenters. The molecule has 3 aromatic heterocycles. The zero-order chi connectivity index (χ0) is 31.3. The van der Waals surface area contributed by atoms with Crippen LogP contribution in [0.4, 0.5) is 11.5 Å². The van der Waals surface area contributed by atoms with Crippen molar-refractivity contribution in [1.29, 1.82) is 0 Å². The van der Waals surface area contributed by atoms with Crippen LogP contribution in [0.3, 0.4) is 0 Å². The van der Waals surface area contributed by atoms with Gasteiger partial charge in [-0.05, 0) is 91.6 Å². The quantitative estimate of drug-likeness (QED) is 0.244. The lowest BCUT2D eigenvalue weighted by molar-refractivity contribution is 0.0700. The zero-order valence-electron chi connectivity index (χ0n) is 25.9. The Morgan fingerprint density at radius 2 is 1.96 bits per heavy atom. The fraction of sp³-hybridized carbons (Fsp3) is 0.371. The lowest BCUT2D eigenvalue weighted by Gasteiger charge is -2.27. The number of nitrogens with one attached hydrogen (secondary N) is 2. The number of benzene rings is 2. The summed E-state index contributed by atoms with van der Waals surface area (Å²) in [6.07, 6.45) is 4.45. The highest BCUT2D eigenvalue weighted by Crippen LogP contribution is 2.40. The molecule has 9 rings (SSSR count). The first-order chi connectivity index (χ1) is 22.4. The minimum absolute atomic E-state index is 0.00615. The lowest BCUT2D eigenvalue weighted by atomic mass is 10.1. The number of fused-ring (bicyclic) bond motifs is 5. The van der Waals surface area contributed by atoms with Gasteiger partial charge in [-0.25, -0.2) is 9.97 Å². The Labute approximate surface area is 265 Å². The van der Waals surface area contributed by atoms with Crippen LogP contribution in [-0.4, -0.2) is 61.6 Å². The van der Waals surface area contributed by atoms with Gasteiger partial charge in [-0.1, -0.05) is 0 Å². The maximum Gasteiger partial charge on any atom is 0.254 e. The number of pyridine rings is 1. The maximum atomic E-state index is 13.7. The molecule has 2 amide bonds. The standard InChI is InChI=1S/C35H36N8O3/c1-41-31-25(12-21(14-28(31)46-2)35(45)43-17-20-5-9-26(43)30(20)36)39-33(41)27-13-19-6-10-29(40-32(19)42(27)16-18-3-4-18)38-23-7-8-24-22(11-23)15-37-34(24)44/h6-8,10-14,18,20,26,30H,3-5,9,15-17,36H2,1-2H3,(H,37,44)(H,38,40). The van der Waals surface area contributed by atoms with Crippen LogP contribution in [-0.2, 0) is 20.1 Å². The number of methoxy groups -OCH3 is 1. The van der Waals surface area contributed by atoms with Crippen molar-refractivity contribution in [1.82, 2.24) is 29.3 Å². The topological polar surface area (TPSA) is 132 Å². The van der Waals surface area contributed by atoms with Crippen LogP contribution in [0.15, 0.2) is 48.5 Å². The number of hydrogen-bond acceptors (Lipinski definition) is 7. The molecule has 3 fully saturated rings. The van der Waals surface area contributed by atoms with Crippen molar-refractivity contribution in [3.05, 3.63) is 65.2 Å². The molecule has 0 radical (unpaired) electrons. The van der Waals surface area contributed by atoms with Gasteiger partial charge >= 0.3 is 0 Å². The van der Waals surface area contributed by atoms with E-state index >= 15 is 0 Å². The van der Waals surface area contributed by atoms with Gasteiger partial charge in [0.05, 0.1) is 18.3 Å². The van der Waals surface area contributed by atoms with Gasteiger partial charge in [-0.15, -0.1) is 0 Å². The van der Waals surface area contributed by atoms with Crippen molar-refractivity contribution in [2.45, 2.75) is 50.9 Å². The summed E-state index contributed by atoms with van der Waals surface area (Å²) in [5, 5.41) is 7.34. The molecule has 2 aromatic carbocycles. The number of amides is 2. The van der Waals surface area contributed by atoms with Crippen molar-refractivity contribution in [2.24, 2.45) is 24.6 Å². The van der Waals surface area contributed by atoms with Gasteiger partial charge in [0.1, 0.15) is 22.7 Å². The van der Waals surface area contributed by atoms with Crippen LogP contribution in [0, 0.1) is 11.8 Å². The molecule has 3 atom stereocenters. The average Bonchev–Trinajstić information content (AvgIpc) is 3.25. The molecule has 46 heavy (non-hydrogen) atoms. The smallest absolute Gasteiger partial charge is 0.254 e. The zero-order valence-corrected chi connectivity index (χ0v) is 25.9. The van der Waals surface area contributed by atoms with E-state index in [1.165, 1.54) is 12.8 Å². The van der Waals surface area contributed by atoms with Crippen molar-refractivity contribution in [3.8, 4) is 17.3 Å².